The lowest BCUT2D eigenvalue weighted by Gasteiger charge is -2.07. The molecule has 3 N–H and O–H groups in total. The summed E-state index contributed by atoms with van der Waals surface area (Å²) >= 11 is 0. The van der Waals surface area contributed by atoms with E-state index in [9.17, 15) is 4.79 Å². The lowest BCUT2D eigenvalue weighted by molar-refractivity contribution is -0.116. The highest BCUT2D eigenvalue weighted by atomic mass is 16.2. The maximum absolute atomic E-state index is 11.7. The second kappa shape index (κ2) is 4.69. The van der Waals surface area contributed by atoms with Crippen molar-refractivity contribution in [1.29, 1.82) is 0 Å². The molecule has 0 aliphatic heterocycles. The number of carbonyl (C=O) groups excluding carboxylic acids is 1. The zero-order valence-electron chi connectivity index (χ0n) is 9.55. The number of nitrogens with one attached hydrogen (secondary N) is 1. The van der Waals surface area contributed by atoms with Crippen LogP contribution in [0.25, 0.3) is 0 Å². The molecule has 1 aromatic heterocycles. The molecule has 5 heteroatoms. The maximum atomic E-state index is 11.7. The van der Waals surface area contributed by atoms with Crippen molar-refractivity contribution in [2.75, 3.05) is 11.1 Å². The highest BCUT2D eigenvalue weighted by molar-refractivity contribution is 5.91. The Labute approximate surface area is 99.2 Å². The SMILES string of the molecule is Cc1ccccc1NC(=O)Cn1cc(N)cn1. The van der Waals surface area contributed by atoms with E-state index in [1.165, 1.54) is 10.9 Å². The van der Waals surface area contributed by atoms with E-state index in [-0.39, 0.29) is 12.5 Å². The summed E-state index contributed by atoms with van der Waals surface area (Å²) in [5.74, 6) is -0.123. The Morgan fingerprint density at radius 2 is 2.24 bits per heavy atom. The molecule has 0 aliphatic carbocycles. The lowest BCUT2D eigenvalue weighted by Crippen LogP contribution is -2.19. The van der Waals surface area contributed by atoms with E-state index in [0.29, 0.717) is 5.69 Å². The van der Waals surface area contributed by atoms with Crippen molar-refractivity contribution in [3.63, 3.8) is 0 Å². The van der Waals surface area contributed by atoms with Crippen LogP contribution in [0.4, 0.5) is 11.4 Å². The van der Waals surface area contributed by atoms with E-state index < -0.39 is 0 Å². The molecule has 0 saturated carbocycles. The Morgan fingerprint density at radius 1 is 1.47 bits per heavy atom. The molecule has 0 aliphatic rings. The molecule has 0 spiro atoms. The molecule has 17 heavy (non-hydrogen) atoms. The van der Waals surface area contributed by atoms with Gasteiger partial charge in [-0.2, -0.15) is 5.10 Å². The van der Waals surface area contributed by atoms with Crippen LogP contribution in [0.2, 0.25) is 0 Å². The summed E-state index contributed by atoms with van der Waals surface area (Å²) in [5, 5.41) is 6.78. The van der Waals surface area contributed by atoms with Crippen molar-refractivity contribution < 1.29 is 4.79 Å². The smallest absolute Gasteiger partial charge is 0.246 e. The molecule has 88 valence electrons. The number of aromatic nitrogens is 2. The number of hydrogen-bond acceptors (Lipinski definition) is 3. The molecule has 0 saturated heterocycles. The summed E-state index contributed by atoms with van der Waals surface area (Å²) < 4.78 is 1.50. The van der Waals surface area contributed by atoms with Gasteiger partial charge in [0.05, 0.1) is 11.9 Å². The third kappa shape index (κ3) is 2.84. The number of amides is 1. The van der Waals surface area contributed by atoms with Crippen molar-refractivity contribution >= 4 is 17.3 Å². The first-order chi connectivity index (χ1) is 8.15. The van der Waals surface area contributed by atoms with Gasteiger partial charge in [-0.05, 0) is 18.6 Å². The fourth-order valence-corrected chi connectivity index (χ4v) is 1.52. The van der Waals surface area contributed by atoms with E-state index in [4.69, 9.17) is 5.73 Å². The zero-order chi connectivity index (χ0) is 12.3. The Morgan fingerprint density at radius 3 is 2.88 bits per heavy atom. The fourth-order valence-electron chi connectivity index (χ4n) is 1.52. The molecule has 0 fully saturated rings. The number of nitrogens with two attached hydrogens (primary N) is 1. The normalized spacial score (nSPS) is 10.2. The highest BCUT2D eigenvalue weighted by Gasteiger charge is 2.05. The first-order valence-corrected chi connectivity index (χ1v) is 5.28. The summed E-state index contributed by atoms with van der Waals surface area (Å²) in [6.45, 7) is 2.10. The van der Waals surface area contributed by atoms with E-state index in [1.54, 1.807) is 6.20 Å². The predicted octanol–water partition coefficient (Wildman–Crippen LogP) is 1.41. The topological polar surface area (TPSA) is 72.9 Å². The van der Waals surface area contributed by atoms with Crippen LogP contribution in [0.1, 0.15) is 5.56 Å². The number of para-hydroxylation sites is 1. The summed E-state index contributed by atoms with van der Waals surface area (Å²) in [7, 11) is 0. The van der Waals surface area contributed by atoms with Gasteiger partial charge in [0.15, 0.2) is 0 Å². The van der Waals surface area contributed by atoms with Crippen molar-refractivity contribution in [3.05, 3.63) is 42.2 Å². The first kappa shape index (κ1) is 11.2. The van der Waals surface area contributed by atoms with Gasteiger partial charge in [-0.3, -0.25) is 9.48 Å². The number of nitrogen functional groups attached to an aromatic ring is 1. The van der Waals surface area contributed by atoms with Gasteiger partial charge in [-0.25, -0.2) is 0 Å². The zero-order valence-corrected chi connectivity index (χ0v) is 9.55. The number of rotatable bonds is 3. The van der Waals surface area contributed by atoms with Gasteiger partial charge in [-0.1, -0.05) is 18.2 Å². The van der Waals surface area contributed by atoms with Crippen LogP contribution < -0.4 is 11.1 Å². The van der Waals surface area contributed by atoms with E-state index in [1.807, 2.05) is 31.2 Å². The number of aryl methyl sites for hydroxylation is 1. The minimum Gasteiger partial charge on any atom is -0.396 e. The van der Waals surface area contributed by atoms with Gasteiger partial charge in [0.2, 0.25) is 5.91 Å². The molecule has 0 radical (unpaired) electrons. The average Bonchev–Trinajstić information content (AvgIpc) is 2.67. The van der Waals surface area contributed by atoms with Gasteiger partial charge in [0.25, 0.3) is 0 Å². The minimum absolute atomic E-state index is 0.123. The van der Waals surface area contributed by atoms with Gasteiger partial charge >= 0.3 is 0 Å². The highest BCUT2D eigenvalue weighted by Crippen LogP contribution is 2.13. The average molecular weight is 230 g/mol. The van der Waals surface area contributed by atoms with Crippen LogP contribution in [0, 0.1) is 6.92 Å². The summed E-state index contributed by atoms with van der Waals surface area (Å²) in [4.78, 5) is 11.7. The molecule has 1 aromatic carbocycles. The van der Waals surface area contributed by atoms with Crippen molar-refractivity contribution in [1.82, 2.24) is 9.78 Å². The van der Waals surface area contributed by atoms with Gasteiger partial charge in [0, 0.05) is 11.9 Å². The van der Waals surface area contributed by atoms with Crippen LogP contribution in [0.5, 0.6) is 0 Å². The van der Waals surface area contributed by atoms with Crippen molar-refractivity contribution in [2.24, 2.45) is 0 Å². The third-order valence-electron chi connectivity index (χ3n) is 2.38. The van der Waals surface area contributed by atoms with Crippen LogP contribution in [-0.2, 0) is 11.3 Å². The maximum Gasteiger partial charge on any atom is 0.246 e. The monoisotopic (exact) mass is 230 g/mol. The van der Waals surface area contributed by atoms with Gasteiger partial charge in [-0.15, -0.1) is 0 Å². The number of carbonyl (C=O) groups is 1. The van der Waals surface area contributed by atoms with E-state index in [2.05, 4.69) is 10.4 Å². The van der Waals surface area contributed by atoms with Crippen LogP contribution >= 0.6 is 0 Å². The molecule has 5 nitrogen and oxygen atoms in total. The molecule has 1 heterocycles. The van der Waals surface area contributed by atoms with Crippen LogP contribution in [0.3, 0.4) is 0 Å². The minimum atomic E-state index is -0.123. The van der Waals surface area contributed by atoms with Crippen LogP contribution in [-0.4, -0.2) is 15.7 Å². The number of nitrogens with zero attached hydrogens (tertiary/aromatic N) is 2. The van der Waals surface area contributed by atoms with E-state index >= 15 is 0 Å². The predicted molar refractivity (Wildman–Crippen MR) is 66.4 cm³/mol. The summed E-state index contributed by atoms with van der Waals surface area (Å²) in [6.07, 6.45) is 3.14. The Balaban J connectivity index is 2.01. The second-order valence-electron chi connectivity index (χ2n) is 3.83. The molecular weight excluding hydrogens is 216 g/mol. The molecule has 1 amide bonds. The van der Waals surface area contributed by atoms with Crippen molar-refractivity contribution in [3.8, 4) is 0 Å². The van der Waals surface area contributed by atoms with E-state index in [0.717, 1.165) is 11.3 Å². The van der Waals surface area contributed by atoms with Gasteiger partial charge in [0.1, 0.15) is 6.54 Å². The molecule has 0 atom stereocenters. The standard InChI is InChI=1S/C12H14N4O/c1-9-4-2-3-5-11(9)15-12(17)8-16-7-10(13)6-14-16/h2-7H,8,13H2,1H3,(H,15,17). The fraction of sp³-hybridized carbons (Fsp3) is 0.167. The Kier molecular flexibility index (Phi) is 3.09. The van der Waals surface area contributed by atoms with Gasteiger partial charge < -0.3 is 11.1 Å². The third-order valence-corrected chi connectivity index (χ3v) is 2.38. The lowest BCUT2D eigenvalue weighted by atomic mass is 10.2. The van der Waals surface area contributed by atoms with Crippen LogP contribution in [0.15, 0.2) is 36.7 Å². The second-order valence-corrected chi connectivity index (χ2v) is 3.83. The molecule has 0 bridgehead atoms. The number of benzene rings is 1. The molecular formula is C12H14N4O. The quantitative estimate of drug-likeness (QED) is 0.837. The Hall–Kier alpha value is -2.30. The number of hydrogen-bond donors (Lipinski definition) is 2. The molecule has 2 aromatic rings. The summed E-state index contributed by atoms with van der Waals surface area (Å²) in [5.41, 5.74) is 7.91. The molecule has 0 unspecified atom stereocenters. The summed E-state index contributed by atoms with van der Waals surface area (Å²) in [6, 6.07) is 7.62. The largest absolute Gasteiger partial charge is 0.396 e. The Bertz CT molecular complexity index is 533. The first-order valence-electron chi connectivity index (χ1n) is 5.28. The number of anilines is 2. The van der Waals surface area contributed by atoms with Crippen molar-refractivity contribution in [2.45, 2.75) is 13.5 Å². The molecule has 2 rings (SSSR count).